The average Bonchev–Trinajstić information content (AvgIpc) is 3.13. The molecule has 1 fully saturated rings. The molecule has 1 aromatic heterocycles. The maximum Gasteiger partial charge on any atom is 0.229 e. The zero-order valence-electron chi connectivity index (χ0n) is 15.9. The first-order valence-electron chi connectivity index (χ1n) is 9.49. The maximum atomic E-state index is 11.6. The number of rotatable bonds is 6. The Morgan fingerprint density at radius 3 is 2.75 bits per heavy atom. The lowest BCUT2D eigenvalue weighted by Crippen LogP contribution is -2.43. The zero-order valence-corrected chi connectivity index (χ0v) is 17.5. The molecule has 2 aromatic carbocycles. The van der Waals surface area contributed by atoms with Crippen LogP contribution in [0, 0.1) is 0 Å². The first-order valence-corrected chi connectivity index (χ1v) is 12.3. The van der Waals surface area contributed by atoms with Crippen molar-refractivity contribution in [1.29, 1.82) is 0 Å². The molecule has 5 nitrogen and oxygen atoms in total. The largest absolute Gasteiger partial charge is 0.364 e. The van der Waals surface area contributed by atoms with Crippen molar-refractivity contribution in [3.05, 3.63) is 59.5 Å². The molecule has 1 saturated heterocycles. The quantitative estimate of drug-likeness (QED) is 0.638. The van der Waals surface area contributed by atoms with Crippen molar-refractivity contribution < 1.29 is 8.42 Å². The van der Waals surface area contributed by atoms with E-state index < -0.39 is 10.0 Å². The number of hydrogen-bond donors (Lipinski definition) is 2. The molecule has 0 unspecified atom stereocenters. The van der Waals surface area contributed by atoms with Crippen molar-refractivity contribution in [1.82, 2.24) is 5.32 Å². The molecule has 0 aliphatic carbocycles. The van der Waals surface area contributed by atoms with E-state index in [0.717, 1.165) is 38.0 Å². The van der Waals surface area contributed by atoms with Crippen LogP contribution in [0.2, 0.25) is 0 Å². The Morgan fingerprint density at radius 1 is 1.14 bits per heavy atom. The van der Waals surface area contributed by atoms with Crippen LogP contribution in [0.5, 0.6) is 0 Å². The Labute approximate surface area is 170 Å². The van der Waals surface area contributed by atoms with Gasteiger partial charge in [0.15, 0.2) is 0 Å². The van der Waals surface area contributed by atoms with Gasteiger partial charge in [-0.3, -0.25) is 4.72 Å². The van der Waals surface area contributed by atoms with Crippen LogP contribution in [0.15, 0.2) is 53.9 Å². The minimum absolute atomic E-state index is 0.462. The molecular weight excluding hydrogens is 390 g/mol. The van der Waals surface area contributed by atoms with E-state index in [1.54, 1.807) is 17.4 Å². The summed E-state index contributed by atoms with van der Waals surface area (Å²) in [4.78, 5) is 2.47. The average molecular weight is 416 g/mol. The number of piperidine rings is 1. The summed E-state index contributed by atoms with van der Waals surface area (Å²) < 4.78 is 27.0. The molecule has 0 spiro atoms. The summed E-state index contributed by atoms with van der Waals surface area (Å²) in [6.45, 7) is 2.80. The van der Waals surface area contributed by atoms with Crippen molar-refractivity contribution >= 4 is 42.8 Å². The lowest BCUT2D eigenvalue weighted by atomic mass is 10.0. The van der Waals surface area contributed by atoms with Gasteiger partial charge in [0.1, 0.15) is 0 Å². The number of hydrogen-bond acceptors (Lipinski definition) is 5. The van der Waals surface area contributed by atoms with Crippen LogP contribution in [-0.2, 0) is 16.6 Å². The highest BCUT2D eigenvalue weighted by Gasteiger charge is 2.22. The lowest BCUT2D eigenvalue weighted by molar-refractivity contribution is 0.428. The fraction of sp³-hybridized carbons (Fsp3) is 0.333. The van der Waals surface area contributed by atoms with Crippen LogP contribution in [0.4, 0.5) is 11.4 Å². The van der Waals surface area contributed by atoms with Crippen LogP contribution in [0.25, 0.3) is 10.1 Å². The van der Waals surface area contributed by atoms with Gasteiger partial charge in [-0.2, -0.15) is 0 Å². The second-order valence-electron chi connectivity index (χ2n) is 7.33. The SMILES string of the molecule is CS(=O)(=O)Nc1cccc(CN(c2ccc3sccc3c2)C2CCNCC2)c1. The van der Waals surface area contributed by atoms with E-state index in [1.165, 1.54) is 22.0 Å². The first-order chi connectivity index (χ1) is 13.5. The van der Waals surface area contributed by atoms with Gasteiger partial charge in [-0.05, 0) is 78.7 Å². The third-order valence-corrected chi connectivity index (χ3v) is 6.60. The first kappa shape index (κ1) is 19.2. The molecule has 0 bridgehead atoms. The van der Waals surface area contributed by atoms with E-state index in [0.29, 0.717) is 11.7 Å². The summed E-state index contributed by atoms with van der Waals surface area (Å²) in [6.07, 6.45) is 3.38. The fourth-order valence-corrected chi connectivity index (χ4v) is 5.15. The van der Waals surface area contributed by atoms with E-state index >= 15 is 0 Å². The summed E-state index contributed by atoms with van der Waals surface area (Å²) in [7, 11) is -3.28. The van der Waals surface area contributed by atoms with Crippen LogP contribution in [-0.4, -0.2) is 33.8 Å². The minimum atomic E-state index is -3.28. The molecule has 28 heavy (non-hydrogen) atoms. The smallest absolute Gasteiger partial charge is 0.229 e. The Balaban J connectivity index is 1.64. The molecule has 2 N–H and O–H groups in total. The third-order valence-electron chi connectivity index (χ3n) is 5.10. The van der Waals surface area contributed by atoms with Crippen molar-refractivity contribution in [2.24, 2.45) is 0 Å². The topological polar surface area (TPSA) is 61.4 Å². The van der Waals surface area contributed by atoms with Crippen molar-refractivity contribution in [2.75, 3.05) is 29.0 Å². The Hall–Kier alpha value is -2.09. The zero-order chi connectivity index (χ0) is 19.6. The van der Waals surface area contributed by atoms with Gasteiger partial charge < -0.3 is 10.2 Å². The maximum absolute atomic E-state index is 11.6. The van der Waals surface area contributed by atoms with E-state index in [1.807, 2.05) is 12.1 Å². The molecule has 3 aromatic rings. The highest BCUT2D eigenvalue weighted by atomic mass is 32.2. The fourth-order valence-electron chi connectivity index (χ4n) is 3.83. The summed E-state index contributed by atoms with van der Waals surface area (Å²) in [5.41, 5.74) is 2.93. The number of nitrogens with one attached hydrogen (secondary N) is 2. The summed E-state index contributed by atoms with van der Waals surface area (Å²) in [6, 6.07) is 17.0. The number of nitrogens with zero attached hydrogens (tertiary/aromatic N) is 1. The molecule has 1 aliphatic heterocycles. The van der Waals surface area contributed by atoms with Gasteiger partial charge in [-0.1, -0.05) is 12.1 Å². The molecule has 7 heteroatoms. The van der Waals surface area contributed by atoms with Crippen LogP contribution >= 0.6 is 11.3 Å². The molecule has 0 amide bonds. The van der Waals surface area contributed by atoms with Gasteiger partial charge >= 0.3 is 0 Å². The van der Waals surface area contributed by atoms with E-state index in [2.05, 4.69) is 50.7 Å². The number of fused-ring (bicyclic) bond motifs is 1. The van der Waals surface area contributed by atoms with Crippen LogP contribution < -0.4 is 14.9 Å². The summed E-state index contributed by atoms with van der Waals surface area (Å²) >= 11 is 1.76. The molecule has 4 rings (SSSR count). The molecule has 0 saturated carbocycles. The number of benzene rings is 2. The lowest BCUT2D eigenvalue weighted by Gasteiger charge is -2.36. The highest BCUT2D eigenvalue weighted by Crippen LogP contribution is 2.30. The predicted molar refractivity (Wildman–Crippen MR) is 119 cm³/mol. The van der Waals surface area contributed by atoms with Gasteiger partial charge in [-0.15, -0.1) is 11.3 Å². The molecule has 148 valence electrons. The van der Waals surface area contributed by atoms with Crippen molar-refractivity contribution in [2.45, 2.75) is 25.4 Å². The molecule has 0 radical (unpaired) electrons. The molecule has 1 aliphatic rings. The van der Waals surface area contributed by atoms with Crippen molar-refractivity contribution in [3.8, 4) is 0 Å². The van der Waals surface area contributed by atoms with Crippen LogP contribution in [0.1, 0.15) is 18.4 Å². The van der Waals surface area contributed by atoms with Gasteiger partial charge in [0, 0.05) is 28.7 Å². The predicted octanol–water partition coefficient (Wildman–Crippen LogP) is 4.03. The van der Waals surface area contributed by atoms with Crippen molar-refractivity contribution in [3.63, 3.8) is 0 Å². The van der Waals surface area contributed by atoms with E-state index in [-0.39, 0.29) is 0 Å². The standard InChI is InChI=1S/C21H25N3O2S2/c1-28(25,26)23-18-4-2-3-16(13-18)15-24(19-7-10-22-11-8-19)20-5-6-21-17(14-20)9-12-27-21/h2-6,9,12-14,19,22-23H,7-8,10-11,15H2,1H3. The minimum Gasteiger partial charge on any atom is -0.364 e. The highest BCUT2D eigenvalue weighted by molar-refractivity contribution is 7.92. The molecular formula is C21H25N3O2S2. The van der Waals surface area contributed by atoms with Gasteiger partial charge in [0.05, 0.1) is 6.26 Å². The monoisotopic (exact) mass is 415 g/mol. The number of thiophene rings is 1. The molecule has 2 heterocycles. The second kappa shape index (κ2) is 8.11. The Kier molecular flexibility index (Phi) is 5.57. The second-order valence-corrected chi connectivity index (χ2v) is 10.0. The van der Waals surface area contributed by atoms with Gasteiger partial charge in [0.2, 0.25) is 10.0 Å². The summed E-state index contributed by atoms with van der Waals surface area (Å²) in [5, 5.41) is 6.84. The van der Waals surface area contributed by atoms with Crippen LogP contribution in [0.3, 0.4) is 0 Å². The van der Waals surface area contributed by atoms with Gasteiger partial charge in [-0.25, -0.2) is 8.42 Å². The van der Waals surface area contributed by atoms with E-state index in [9.17, 15) is 8.42 Å². The van der Waals surface area contributed by atoms with E-state index in [4.69, 9.17) is 0 Å². The summed E-state index contributed by atoms with van der Waals surface area (Å²) in [5.74, 6) is 0. The Morgan fingerprint density at radius 2 is 1.96 bits per heavy atom. The number of sulfonamides is 1. The van der Waals surface area contributed by atoms with Gasteiger partial charge in [0.25, 0.3) is 0 Å². The third kappa shape index (κ3) is 4.66. The normalized spacial score (nSPS) is 15.6. The Bertz CT molecular complexity index is 1060. The number of anilines is 2. The molecule has 0 atom stereocenters.